The van der Waals surface area contributed by atoms with Crippen molar-refractivity contribution >= 4 is 160 Å². The third-order valence-electron chi connectivity index (χ3n) is 18.4. The predicted molar refractivity (Wildman–Crippen MR) is 376 cm³/mol. The normalized spacial score (nSPS) is 14.7. The fourth-order valence-corrected chi connectivity index (χ4v) is 20.5. The van der Waals surface area contributed by atoms with Crippen LogP contribution in [0.1, 0.15) is 27.8 Å². The van der Waals surface area contributed by atoms with Gasteiger partial charge >= 0.3 is 495 Å². The molecule has 6 heterocycles. The first kappa shape index (κ1) is 53.5. The molecule has 2 aliphatic rings. The van der Waals surface area contributed by atoms with Crippen molar-refractivity contribution in [3.63, 3.8) is 0 Å². The summed E-state index contributed by atoms with van der Waals surface area (Å²) in [6.45, 7) is 8.88. The number of ether oxygens (including phenoxy) is 1. The van der Waals surface area contributed by atoms with Gasteiger partial charge in [-0.25, -0.2) is 0 Å². The molecule has 1 aliphatic carbocycles. The summed E-state index contributed by atoms with van der Waals surface area (Å²) < 4.78 is 31.6. The number of rotatable bonds is 10. The minimum absolute atomic E-state index is 0.0436. The van der Waals surface area contributed by atoms with Gasteiger partial charge in [0, 0.05) is 0 Å². The summed E-state index contributed by atoms with van der Waals surface area (Å²) in [6, 6.07) is 82.7. The van der Waals surface area contributed by atoms with Crippen molar-refractivity contribution < 1.29 is 18.0 Å². The molecule has 0 radical (unpaired) electrons. The standard InChI is InChI=1S/C82H56N2O4Te2/c1-47-35-69(49(3)33-65(47)77-41-55-15-7-11-19-73(55)87-77)83(59-25-21-51(22-26-59)75-39-53-13-5-9-17-71(53)85-75)61-29-31-63-67-37-57-44-80-68(38-58(57)43-79(67)89-81(63)45-61)64-32-30-62(46-82(64)90-80)84(60-27-23-52(24-28-60)76-40-54-14-6-10-18-72(54)86-76)70-36-48(2)66(34-50(70)4)78-42-56-16-8-12-20-74(56)88-78/h5-46,55,73H,1-4H3. The topological polar surface area (TPSA) is 55.1 Å². The molecular weight excluding hydrogens is 1330 g/mol. The van der Waals surface area contributed by atoms with Crippen LogP contribution >= 0.6 is 0 Å². The molecule has 5 aromatic heterocycles. The van der Waals surface area contributed by atoms with E-state index in [0.29, 0.717) is 0 Å². The fraction of sp³-hybridized carbons (Fsp3) is 0.0732. The molecule has 2 unspecified atom stereocenters. The van der Waals surface area contributed by atoms with Gasteiger partial charge in [0.2, 0.25) is 0 Å². The van der Waals surface area contributed by atoms with E-state index >= 15 is 0 Å². The number of allylic oxidation sites excluding steroid dienone is 2. The van der Waals surface area contributed by atoms with Gasteiger partial charge in [0.15, 0.2) is 0 Å². The Morgan fingerprint density at radius 3 is 1.28 bits per heavy atom. The van der Waals surface area contributed by atoms with E-state index in [4.69, 9.17) is 18.0 Å². The average Bonchev–Trinajstić information content (AvgIpc) is 1.73. The van der Waals surface area contributed by atoms with Crippen molar-refractivity contribution in [2.45, 2.75) is 33.8 Å². The zero-order chi connectivity index (χ0) is 59.9. The predicted octanol–water partition coefficient (Wildman–Crippen LogP) is 22.5. The Morgan fingerprint density at radius 2 is 0.778 bits per heavy atom. The summed E-state index contributed by atoms with van der Waals surface area (Å²) in [5, 5.41) is 11.4. The van der Waals surface area contributed by atoms with E-state index in [0.717, 1.165) is 123 Å². The SMILES string of the molecule is Cc1cc(N(c2ccc(-c3cc4ccccc4o3)cc2)c2ccc3c(c2)[te]c2cc4cc5c(cc4cc23)[te]c2cc(N(c3ccc(-c4cc6ccccc6o4)cc3)c3cc(C)c(-c4cc6ccccc6o4)cc3C)ccc25)c(C)cc1C1=CC2C=CC=CC2O1. The molecule has 1 aliphatic heterocycles. The molecular formula is C82H56N2O4Te2. The van der Waals surface area contributed by atoms with E-state index in [1.165, 1.54) is 57.1 Å². The molecule has 0 saturated carbocycles. The van der Waals surface area contributed by atoms with Crippen molar-refractivity contribution in [2.75, 3.05) is 9.80 Å². The Bertz CT molecular complexity index is 5630. The molecule has 16 aromatic rings. The monoisotopic (exact) mass is 1390 g/mol. The summed E-state index contributed by atoms with van der Waals surface area (Å²) in [6.07, 6.45) is 10.9. The number of anilines is 6. The second kappa shape index (κ2) is 21.1. The third kappa shape index (κ3) is 9.03. The molecule has 0 N–H and O–H groups in total. The Balaban J connectivity index is 0.713. The summed E-state index contributed by atoms with van der Waals surface area (Å²) in [5.74, 6) is 3.82. The molecule has 6 nitrogen and oxygen atoms in total. The van der Waals surface area contributed by atoms with E-state index in [1.807, 2.05) is 36.4 Å². The number of aryl methyl sites for hydroxylation is 4. The molecule has 0 fully saturated rings. The molecule has 0 saturated heterocycles. The average molecular weight is 1390 g/mol. The molecule has 2 atom stereocenters. The van der Waals surface area contributed by atoms with Crippen molar-refractivity contribution in [3.8, 4) is 34.0 Å². The molecule has 18 rings (SSSR count). The van der Waals surface area contributed by atoms with Crippen molar-refractivity contribution in [3.05, 3.63) is 283 Å². The Labute approximate surface area is 539 Å². The van der Waals surface area contributed by atoms with Gasteiger partial charge in [-0.15, -0.1) is 0 Å². The molecule has 11 aromatic carbocycles. The first-order valence-corrected chi connectivity index (χ1v) is 35.3. The van der Waals surface area contributed by atoms with Gasteiger partial charge < -0.3 is 0 Å². The van der Waals surface area contributed by atoms with Crippen LogP contribution in [0.5, 0.6) is 0 Å². The maximum absolute atomic E-state index is 6.57. The minimum atomic E-state index is -0.728. The molecule has 0 amide bonds. The second-order valence-electron chi connectivity index (χ2n) is 24.2. The van der Waals surface area contributed by atoms with Crippen LogP contribution < -0.4 is 9.80 Å². The quantitative estimate of drug-likeness (QED) is 0.127. The van der Waals surface area contributed by atoms with Crippen LogP contribution in [-0.2, 0) is 4.74 Å². The van der Waals surface area contributed by atoms with E-state index in [1.54, 1.807) is 0 Å². The van der Waals surface area contributed by atoms with Crippen LogP contribution in [-0.4, -0.2) is 47.0 Å². The van der Waals surface area contributed by atoms with Gasteiger partial charge in [0.05, 0.1) is 0 Å². The first-order valence-electron chi connectivity index (χ1n) is 30.6. The van der Waals surface area contributed by atoms with Crippen molar-refractivity contribution in [1.29, 1.82) is 0 Å². The molecule has 430 valence electrons. The zero-order valence-corrected chi connectivity index (χ0v) is 54.4. The van der Waals surface area contributed by atoms with Crippen LogP contribution in [0.3, 0.4) is 0 Å². The number of nitrogens with zero attached hydrogens (tertiary/aromatic N) is 2. The van der Waals surface area contributed by atoms with Crippen LogP contribution in [0.25, 0.3) is 119 Å². The van der Waals surface area contributed by atoms with Gasteiger partial charge in [-0.2, -0.15) is 0 Å². The van der Waals surface area contributed by atoms with Crippen LogP contribution in [0, 0.1) is 33.6 Å². The van der Waals surface area contributed by atoms with Crippen LogP contribution in [0.15, 0.2) is 268 Å². The molecule has 90 heavy (non-hydrogen) atoms. The molecule has 0 bridgehead atoms. The maximum atomic E-state index is 6.57. The van der Waals surface area contributed by atoms with Gasteiger partial charge in [-0.1, -0.05) is 48.6 Å². The zero-order valence-electron chi connectivity index (χ0n) is 49.7. The molecule has 8 heteroatoms. The van der Waals surface area contributed by atoms with Gasteiger partial charge in [-0.3, -0.25) is 0 Å². The Kier molecular flexibility index (Phi) is 12.5. The summed E-state index contributed by atoms with van der Waals surface area (Å²) in [5.41, 5.74) is 18.5. The molecule has 0 spiro atoms. The van der Waals surface area contributed by atoms with Gasteiger partial charge in [0.25, 0.3) is 0 Å². The Morgan fingerprint density at radius 1 is 0.344 bits per heavy atom. The van der Waals surface area contributed by atoms with Crippen LogP contribution in [0.4, 0.5) is 34.1 Å². The Hall–Kier alpha value is -9.50. The fourth-order valence-electron chi connectivity index (χ4n) is 13.8. The van der Waals surface area contributed by atoms with Crippen molar-refractivity contribution in [2.24, 2.45) is 5.92 Å². The number of furan rings is 3. The van der Waals surface area contributed by atoms with Crippen LogP contribution in [0.2, 0.25) is 0 Å². The summed E-state index contributed by atoms with van der Waals surface area (Å²) in [4.78, 5) is 4.90. The number of para-hydroxylation sites is 3. The number of hydrogen-bond acceptors (Lipinski definition) is 6. The third-order valence-corrected chi connectivity index (χ3v) is 24.8. The van der Waals surface area contributed by atoms with E-state index in [9.17, 15) is 0 Å². The number of fused-ring (bicyclic) bond motifs is 11. The van der Waals surface area contributed by atoms with Crippen molar-refractivity contribution in [1.82, 2.24) is 0 Å². The van der Waals surface area contributed by atoms with E-state index in [2.05, 4.69) is 256 Å². The first-order chi connectivity index (χ1) is 44.1. The summed E-state index contributed by atoms with van der Waals surface area (Å²) in [7, 11) is 0. The second-order valence-corrected chi connectivity index (χ2v) is 30.4. The van der Waals surface area contributed by atoms with E-state index in [-0.39, 0.29) is 12.0 Å². The van der Waals surface area contributed by atoms with Gasteiger partial charge in [-0.05, 0) is 0 Å². The van der Waals surface area contributed by atoms with Gasteiger partial charge in [0.1, 0.15) is 0 Å². The summed E-state index contributed by atoms with van der Waals surface area (Å²) >= 11 is -1.45. The number of hydrogen-bond donors (Lipinski definition) is 0. The van der Waals surface area contributed by atoms with E-state index < -0.39 is 40.9 Å². The number of benzene rings is 11.